The van der Waals surface area contributed by atoms with Gasteiger partial charge in [-0.05, 0) is 208 Å². The van der Waals surface area contributed by atoms with Crippen LogP contribution in [0.15, 0.2) is 205 Å². The Morgan fingerprint density at radius 2 is 0.738 bits per heavy atom. The van der Waals surface area contributed by atoms with Crippen molar-refractivity contribution >= 4 is 79.2 Å². The van der Waals surface area contributed by atoms with Gasteiger partial charge in [0.1, 0.15) is 40.4 Å². The Labute approximate surface area is 858 Å². The maximum atomic E-state index is 14.5. The van der Waals surface area contributed by atoms with E-state index in [-0.39, 0.29) is 106 Å². The number of aliphatic hydroxyl groups is 1. The molecule has 0 saturated carbocycles. The molecule has 29 nitrogen and oxygen atoms in total. The van der Waals surface area contributed by atoms with E-state index in [1.54, 1.807) is 102 Å². The second-order valence-electron chi connectivity index (χ2n) is 40.1. The van der Waals surface area contributed by atoms with Crippen molar-refractivity contribution in [1.82, 2.24) is 54.8 Å². The first-order valence-corrected chi connectivity index (χ1v) is 50.2. The molecule has 6 aliphatic heterocycles. The van der Waals surface area contributed by atoms with E-state index in [9.17, 15) is 57.0 Å². The van der Waals surface area contributed by atoms with Gasteiger partial charge in [0.15, 0.2) is 17.3 Å². The van der Waals surface area contributed by atoms with Crippen LogP contribution >= 0.6 is 0 Å². The number of halogens is 2. The number of ketones is 7. The van der Waals surface area contributed by atoms with E-state index in [4.69, 9.17) is 38.6 Å². The molecular formula is C118H114F2N12O17. The van der Waals surface area contributed by atoms with Gasteiger partial charge in [-0.1, -0.05) is 67.6 Å². The van der Waals surface area contributed by atoms with Gasteiger partial charge < -0.3 is 63.4 Å². The van der Waals surface area contributed by atoms with Crippen LogP contribution < -0.4 is 16.7 Å². The first-order valence-electron chi connectivity index (χ1n) is 50.2. The van der Waals surface area contributed by atoms with Gasteiger partial charge in [-0.2, -0.15) is 10.2 Å². The molecule has 31 heteroatoms. The lowest BCUT2D eigenvalue weighted by Gasteiger charge is -2.27. The normalized spacial score (nSPS) is 17.9. The maximum Gasteiger partial charge on any atom is 0.336 e. The van der Waals surface area contributed by atoms with Crippen LogP contribution in [0, 0.1) is 11.6 Å². The molecule has 15 heterocycles. The predicted molar refractivity (Wildman–Crippen MR) is 554 cm³/mol. The van der Waals surface area contributed by atoms with Gasteiger partial charge in [-0.15, -0.1) is 0 Å². The molecule has 149 heavy (non-hydrogen) atoms. The number of hydrogen-bond acceptors (Lipinski definition) is 26. The van der Waals surface area contributed by atoms with Gasteiger partial charge in [0.05, 0.1) is 131 Å². The van der Waals surface area contributed by atoms with Gasteiger partial charge in [-0.25, -0.2) is 13.6 Å². The van der Waals surface area contributed by atoms with Crippen LogP contribution in [0.5, 0.6) is 0 Å². The Balaban J connectivity index is 0.000000112. The van der Waals surface area contributed by atoms with Gasteiger partial charge in [0, 0.05) is 237 Å². The lowest BCUT2D eigenvalue weighted by atomic mass is 9.85. The van der Waals surface area contributed by atoms with Crippen LogP contribution in [-0.2, 0) is 125 Å². The minimum absolute atomic E-state index is 0.0235. The lowest BCUT2D eigenvalue weighted by molar-refractivity contribution is -0.124. The van der Waals surface area contributed by atoms with Crippen molar-refractivity contribution in [3.8, 4) is 66.8 Å². The molecule has 6 aromatic carbocycles. The van der Waals surface area contributed by atoms with Crippen molar-refractivity contribution in [3.63, 3.8) is 0 Å². The average Bonchev–Trinajstić information content (AvgIpc) is 1.74. The summed E-state index contributed by atoms with van der Waals surface area (Å²) in [5, 5.41) is 22.9. The second kappa shape index (κ2) is 44.6. The third-order valence-corrected chi connectivity index (χ3v) is 29.0. The molecule has 0 spiro atoms. The topological polar surface area (TPSA) is 393 Å². The summed E-state index contributed by atoms with van der Waals surface area (Å²) in [6.07, 6.45) is 31.3. The molecule has 762 valence electrons. The zero-order valence-electron chi connectivity index (χ0n) is 84.2. The fourth-order valence-corrected chi connectivity index (χ4v) is 21.6. The summed E-state index contributed by atoms with van der Waals surface area (Å²) in [4.78, 5) is 132. The third kappa shape index (κ3) is 22.6. The number of hydrogen-bond donors (Lipinski definition) is 3. The lowest BCUT2D eigenvalue weighted by Crippen LogP contribution is -2.34. The Morgan fingerprint density at radius 3 is 1.13 bits per heavy atom. The van der Waals surface area contributed by atoms with Crippen LogP contribution in [0.1, 0.15) is 250 Å². The van der Waals surface area contributed by atoms with E-state index in [1.807, 2.05) is 110 Å². The van der Waals surface area contributed by atoms with E-state index in [1.165, 1.54) is 30.6 Å². The fraction of sp³-hybridized carbons (Fsp3) is 0.331. The molecular weight excluding hydrogens is 1900 g/mol. The number of carbonyl (C=O) groups is 8. The first-order chi connectivity index (χ1) is 71.9. The number of pyridine rings is 6. The number of nitrogens with two attached hydrogens (primary N) is 1. The number of nitrogens with one attached hydrogen (secondary N) is 1. The minimum Gasteiger partial charge on any atom is -0.423 e. The highest BCUT2D eigenvalue weighted by molar-refractivity contribution is 6.03. The molecule has 6 unspecified atom stereocenters. The van der Waals surface area contributed by atoms with Gasteiger partial charge in [0.2, 0.25) is 5.91 Å². The van der Waals surface area contributed by atoms with Gasteiger partial charge >= 0.3 is 5.63 Å². The van der Waals surface area contributed by atoms with Crippen molar-refractivity contribution in [2.75, 3.05) is 39.6 Å². The molecule has 24 rings (SSSR count). The monoisotopic (exact) mass is 2010 g/mol. The largest absolute Gasteiger partial charge is 0.423 e. The van der Waals surface area contributed by atoms with Crippen molar-refractivity contribution in [2.45, 2.75) is 200 Å². The van der Waals surface area contributed by atoms with E-state index in [0.717, 1.165) is 192 Å². The highest BCUT2D eigenvalue weighted by atomic mass is 19.1. The zero-order chi connectivity index (χ0) is 104. The second-order valence-corrected chi connectivity index (χ2v) is 40.1. The number of aromatic nitrogens is 10. The summed E-state index contributed by atoms with van der Waals surface area (Å²) in [6, 6.07) is 33.3. The molecule has 0 fully saturated rings. The van der Waals surface area contributed by atoms with E-state index < -0.39 is 5.60 Å². The molecule has 4 N–H and O–H groups in total. The van der Waals surface area contributed by atoms with E-state index in [0.29, 0.717) is 158 Å². The van der Waals surface area contributed by atoms with Crippen molar-refractivity contribution in [3.05, 3.63) is 318 Å². The number of rotatable bonds is 18. The summed E-state index contributed by atoms with van der Waals surface area (Å²) in [6.45, 7) is 15.9. The van der Waals surface area contributed by atoms with Crippen molar-refractivity contribution in [1.29, 1.82) is 0 Å². The summed E-state index contributed by atoms with van der Waals surface area (Å²) >= 11 is 0. The molecule has 0 radical (unpaired) electrons. The van der Waals surface area contributed by atoms with Crippen molar-refractivity contribution in [2.24, 2.45) is 19.8 Å². The van der Waals surface area contributed by atoms with Crippen LogP contribution in [0.3, 0.4) is 0 Å². The summed E-state index contributed by atoms with van der Waals surface area (Å²) in [5.74, 6) is 0.666. The Hall–Kier alpha value is -14.9. The number of aryl methyl sites for hydroxylation is 5. The van der Waals surface area contributed by atoms with Crippen molar-refractivity contribution < 1.29 is 85.1 Å². The molecule has 0 saturated heterocycles. The predicted octanol–water partition coefficient (Wildman–Crippen LogP) is 19.2. The zero-order valence-corrected chi connectivity index (χ0v) is 84.2. The molecule has 9 aliphatic rings. The quantitative estimate of drug-likeness (QED) is 0.0672. The van der Waals surface area contributed by atoms with Crippen LogP contribution in [-0.4, -0.2) is 146 Å². The Bertz CT molecular complexity index is 7740. The molecule has 0 bridgehead atoms. The molecule has 9 aromatic heterocycles. The number of carbonyl (C=O) groups excluding carboxylic acids is 8. The highest BCUT2D eigenvalue weighted by Gasteiger charge is 2.35. The third-order valence-electron chi connectivity index (χ3n) is 29.0. The van der Waals surface area contributed by atoms with Crippen LogP contribution in [0.2, 0.25) is 0 Å². The number of ether oxygens (including phenoxy) is 6. The van der Waals surface area contributed by atoms with Gasteiger partial charge in [-0.3, -0.25) is 63.2 Å². The molecule has 6 atom stereocenters. The SMILES string of the molecule is CC(=O)CC1COCc2c(-c3ccc4c(c3)CCC4=O)cncc21.CC(=O)CC1COCc2c(-c3ccc4c(c3)CCC4=O)cncc21.CC(=O)CC1COCc2c(-c3ccc4oc(=O)ccc4c3)cncc21.CC(C)(O)CC(=O)CC1COCc2c(-c3ccc4c(c3)CCC4=O)cncc21.CCC(=O)NC1COCc2c(-c3cc(F)c4cnn(C)c4c3)cncc21.Cn1ncc2c(F)cc(-c3cncc4c3COCC4N)cc21. The number of nitrogens with zero attached hydrogens (tertiary/aromatic N) is 10. The molecule has 1 amide bonds. The fourth-order valence-electron chi connectivity index (χ4n) is 21.6. The summed E-state index contributed by atoms with van der Waals surface area (Å²) < 4.78 is 71.6. The van der Waals surface area contributed by atoms with E-state index in [2.05, 4.69) is 63.6 Å². The van der Waals surface area contributed by atoms with Crippen LogP contribution in [0.25, 0.3) is 99.5 Å². The minimum atomic E-state index is -1.00. The van der Waals surface area contributed by atoms with Gasteiger partial charge in [0.25, 0.3) is 0 Å². The van der Waals surface area contributed by atoms with Crippen LogP contribution in [0.4, 0.5) is 8.78 Å². The summed E-state index contributed by atoms with van der Waals surface area (Å²) in [5.41, 5.74) is 36.5. The first kappa shape index (κ1) is 103. The number of Topliss-reactive ketones (excluding diaryl/α,β-unsaturated/α-hetero) is 7. The molecule has 3 aliphatic carbocycles. The number of benzene rings is 6. The average molecular weight is 2010 g/mol. The highest BCUT2D eigenvalue weighted by Crippen LogP contribution is 2.45. The number of fused-ring (bicyclic) bond motifs is 12. The molecule has 15 aromatic rings. The number of amides is 1. The Kier molecular flexibility index (Phi) is 30.7. The Morgan fingerprint density at radius 1 is 0.396 bits per heavy atom. The summed E-state index contributed by atoms with van der Waals surface area (Å²) in [7, 11) is 3.58. The standard InChI is InChI=1S/C23H25NO4.C20H17NO4.2C20H19NO3.C19H19FN4O2.C16H15FN4O/c1-23(2,27)9-17(25)8-16-12-28-13-21-19(10-24-11-20(16)21)15-3-5-18-14(7-15)4-6-22(18)26;1-12(22)6-15-10-24-11-18-16(8-21-9-17(15)18)13-2-4-19-14(7-13)3-5-20(23)25-19;2*1-12(22)6-15-10-24-11-19-17(8-21-9-18(15)19)14-2-4-16-13(7-14)3-5-20(16)23;1-3-19(25)23-17-10-26-9-15-12(6-21-7-13(15)17)11-4-16(20)14-8-22-24(2)18(14)5-11;1-21-16-3-9(2-14(17)12(16)6-20-21)10-4-19-5-11-13(10)7-22-8-15(11)18/h3,5,7,10-11,16,27H,4,6,8-9,12-13H2,1-2H3;2-5,7-9,15H,6,10-11H2,1H3;2*2,4,7-9,15H,3,5-6,10-11H2,1H3;4-8,17H,3,9-10H2,1-2H3,(H,23,25);2-6,15H,7-8,18H2,1H3. The smallest absolute Gasteiger partial charge is 0.336 e. The maximum absolute atomic E-state index is 14.5. The van der Waals surface area contributed by atoms with E-state index >= 15 is 0 Å².